The molecule has 110 valence electrons. The molecule has 1 heterocycles. The van der Waals surface area contributed by atoms with Crippen LogP contribution in [-0.4, -0.2) is 18.4 Å². The van der Waals surface area contributed by atoms with Crippen LogP contribution in [0.2, 0.25) is 0 Å². The highest BCUT2D eigenvalue weighted by Crippen LogP contribution is 2.15. The summed E-state index contributed by atoms with van der Waals surface area (Å²) in [6.07, 6.45) is 1.16. The Labute approximate surface area is 128 Å². The van der Waals surface area contributed by atoms with E-state index in [1.807, 2.05) is 48.7 Å². The summed E-state index contributed by atoms with van der Waals surface area (Å²) in [5.74, 6) is -0.355. The van der Waals surface area contributed by atoms with Gasteiger partial charge < -0.3 is 10.6 Å². The molecule has 0 aliphatic carbocycles. The van der Waals surface area contributed by atoms with E-state index in [1.165, 1.54) is 11.3 Å². The lowest BCUT2D eigenvalue weighted by molar-refractivity contribution is -0.123. The normalized spacial score (nSPS) is 10.1. The molecule has 2 N–H and O–H groups in total. The molecule has 0 atom stereocenters. The summed E-state index contributed by atoms with van der Waals surface area (Å²) in [7, 11) is 0. The first-order valence-electron chi connectivity index (χ1n) is 6.86. The van der Waals surface area contributed by atoms with Gasteiger partial charge in [-0.15, -0.1) is 11.3 Å². The number of carbonyl (C=O) groups excluding carboxylic acids is 2. The first-order valence-corrected chi connectivity index (χ1v) is 7.74. The molecule has 1 aromatic heterocycles. The fraction of sp³-hybridized carbons (Fsp3) is 0.250. The average Bonchev–Trinajstić information content (AvgIpc) is 2.98. The van der Waals surface area contributed by atoms with Crippen molar-refractivity contribution < 1.29 is 9.59 Å². The van der Waals surface area contributed by atoms with Crippen LogP contribution in [0, 0.1) is 0 Å². The molecule has 5 heteroatoms. The summed E-state index contributed by atoms with van der Waals surface area (Å²) in [5.41, 5.74) is 1.88. The second-order valence-electron chi connectivity index (χ2n) is 4.59. The van der Waals surface area contributed by atoms with Crippen LogP contribution >= 0.6 is 11.3 Å². The lowest BCUT2D eigenvalue weighted by Crippen LogP contribution is -2.33. The summed E-state index contributed by atoms with van der Waals surface area (Å²) < 4.78 is 0. The van der Waals surface area contributed by atoms with Gasteiger partial charge in [0, 0.05) is 10.6 Å². The maximum absolute atomic E-state index is 11.9. The van der Waals surface area contributed by atoms with Crippen molar-refractivity contribution in [2.24, 2.45) is 0 Å². The van der Waals surface area contributed by atoms with Gasteiger partial charge in [-0.2, -0.15) is 0 Å². The predicted molar refractivity (Wildman–Crippen MR) is 85.5 cm³/mol. The van der Waals surface area contributed by atoms with Crippen molar-refractivity contribution in [2.75, 3.05) is 11.9 Å². The summed E-state index contributed by atoms with van der Waals surface area (Å²) in [6, 6.07) is 11.5. The van der Waals surface area contributed by atoms with Crippen LogP contribution < -0.4 is 10.6 Å². The van der Waals surface area contributed by atoms with E-state index in [-0.39, 0.29) is 18.4 Å². The van der Waals surface area contributed by atoms with Crippen molar-refractivity contribution in [2.45, 2.75) is 19.8 Å². The van der Waals surface area contributed by atoms with Gasteiger partial charge in [0.25, 0.3) is 0 Å². The molecule has 1 aromatic carbocycles. The number of aryl methyl sites for hydroxylation is 1. The van der Waals surface area contributed by atoms with Crippen LogP contribution in [0.15, 0.2) is 41.8 Å². The third-order valence-corrected chi connectivity index (χ3v) is 3.91. The van der Waals surface area contributed by atoms with E-state index in [9.17, 15) is 9.59 Å². The largest absolute Gasteiger partial charge is 0.347 e. The second-order valence-corrected chi connectivity index (χ2v) is 5.62. The molecule has 0 saturated carbocycles. The molecule has 2 rings (SSSR count). The maximum atomic E-state index is 11.9. The molecular weight excluding hydrogens is 284 g/mol. The highest BCUT2D eigenvalue weighted by Gasteiger charge is 2.08. The number of para-hydroxylation sites is 1. The van der Waals surface area contributed by atoms with Crippen LogP contribution in [-0.2, 0) is 22.4 Å². The Morgan fingerprint density at radius 2 is 1.90 bits per heavy atom. The molecule has 0 radical (unpaired) electrons. The monoisotopic (exact) mass is 302 g/mol. The van der Waals surface area contributed by atoms with Gasteiger partial charge in [-0.25, -0.2) is 0 Å². The molecule has 21 heavy (non-hydrogen) atoms. The van der Waals surface area contributed by atoms with Crippen molar-refractivity contribution in [1.29, 1.82) is 0 Å². The number of carbonyl (C=O) groups is 2. The van der Waals surface area contributed by atoms with E-state index >= 15 is 0 Å². The molecular formula is C16H18N2O2S. The standard InChI is InChI=1S/C16H18N2O2S/c1-2-12-6-3-4-8-14(12)18-16(20)11-17-15(19)10-13-7-5-9-21-13/h3-9H,2,10-11H2,1H3,(H,17,19)(H,18,20). The van der Waals surface area contributed by atoms with E-state index in [2.05, 4.69) is 10.6 Å². The van der Waals surface area contributed by atoms with Crippen LogP contribution in [0.3, 0.4) is 0 Å². The van der Waals surface area contributed by atoms with E-state index < -0.39 is 0 Å². The van der Waals surface area contributed by atoms with Crippen LogP contribution in [0.5, 0.6) is 0 Å². The molecule has 0 spiro atoms. The zero-order valence-electron chi connectivity index (χ0n) is 11.9. The molecule has 2 amide bonds. The van der Waals surface area contributed by atoms with Gasteiger partial charge in [0.2, 0.25) is 11.8 Å². The zero-order chi connectivity index (χ0) is 15.1. The minimum Gasteiger partial charge on any atom is -0.347 e. The van der Waals surface area contributed by atoms with Gasteiger partial charge in [0.15, 0.2) is 0 Å². The Hall–Kier alpha value is -2.14. The van der Waals surface area contributed by atoms with E-state index in [1.54, 1.807) is 0 Å². The second kappa shape index (κ2) is 7.59. The molecule has 0 saturated heterocycles. The number of hydrogen-bond donors (Lipinski definition) is 2. The van der Waals surface area contributed by atoms with E-state index in [0.29, 0.717) is 6.42 Å². The van der Waals surface area contributed by atoms with Crippen molar-refractivity contribution in [1.82, 2.24) is 5.32 Å². The lowest BCUT2D eigenvalue weighted by atomic mass is 10.1. The number of nitrogens with one attached hydrogen (secondary N) is 2. The minimum absolute atomic E-state index is 0.0116. The first-order chi connectivity index (χ1) is 10.2. The molecule has 0 aliphatic heterocycles. The molecule has 0 fully saturated rings. The van der Waals surface area contributed by atoms with E-state index in [0.717, 1.165) is 22.5 Å². The summed E-state index contributed by atoms with van der Waals surface area (Å²) >= 11 is 1.53. The molecule has 0 aliphatic rings. The SMILES string of the molecule is CCc1ccccc1NC(=O)CNC(=O)Cc1cccs1. The minimum atomic E-state index is -0.213. The Balaban J connectivity index is 1.80. The number of amides is 2. The molecule has 0 unspecified atom stereocenters. The number of hydrogen-bond acceptors (Lipinski definition) is 3. The average molecular weight is 302 g/mol. The van der Waals surface area contributed by atoms with Crippen molar-refractivity contribution in [3.05, 3.63) is 52.2 Å². The fourth-order valence-electron chi connectivity index (χ4n) is 1.96. The highest BCUT2D eigenvalue weighted by molar-refractivity contribution is 7.10. The van der Waals surface area contributed by atoms with Crippen molar-refractivity contribution in [3.8, 4) is 0 Å². The topological polar surface area (TPSA) is 58.2 Å². The summed E-state index contributed by atoms with van der Waals surface area (Å²) in [4.78, 5) is 24.6. The van der Waals surface area contributed by atoms with E-state index in [4.69, 9.17) is 0 Å². The van der Waals surface area contributed by atoms with Gasteiger partial charge >= 0.3 is 0 Å². The van der Waals surface area contributed by atoms with Gasteiger partial charge in [-0.05, 0) is 29.5 Å². The van der Waals surface area contributed by atoms with Crippen LogP contribution in [0.1, 0.15) is 17.4 Å². The summed E-state index contributed by atoms with van der Waals surface area (Å²) in [6.45, 7) is 2.02. The number of benzene rings is 1. The molecule has 4 nitrogen and oxygen atoms in total. The third-order valence-electron chi connectivity index (χ3n) is 3.03. The predicted octanol–water partition coefficient (Wildman–Crippen LogP) is 2.61. The summed E-state index contributed by atoms with van der Waals surface area (Å²) in [5, 5.41) is 7.39. The number of rotatable bonds is 6. The zero-order valence-corrected chi connectivity index (χ0v) is 12.7. The van der Waals surface area contributed by atoms with Gasteiger partial charge in [-0.3, -0.25) is 9.59 Å². The lowest BCUT2D eigenvalue weighted by Gasteiger charge is -2.10. The van der Waals surface area contributed by atoms with Crippen molar-refractivity contribution in [3.63, 3.8) is 0 Å². The number of thiophene rings is 1. The highest BCUT2D eigenvalue weighted by atomic mass is 32.1. The maximum Gasteiger partial charge on any atom is 0.243 e. The molecule has 2 aromatic rings. The van der Waals surface area contributed by atoms with Gasteiger partial charge in [0.05, 0.1) is 13.0 Å². The van der Waals surface area contributed by atoms with Gasteiger partial charge in [0.1, 0.15) is 0 Å². The Kier molecular flexibility index (Phi) is 5.51. The first kappa shape index (κ1) is 15.3. The quantitative estimate of drug-likeness (QED) is 0.862. The van der Waals surface area contributed by atoms with Gasteiger partial charge in [-0.1, -0.05) is 31.2 Å². The smallest absolute Gasteiger partial charge is 0.243 e. The Morgan fingerprint density at radius 1 is 1.10 bits per heavy atom. The number of anilines is 1. The third kappa shape index (κ3) is 4.72. The fourth-order valence-corrected chi connectivity index (χ4v) is 2.66. The Bertz CT molecular complexity index is 608. The molecule has 0 bridgehead atoms. The van der Waals surface area contributed by atoms with Crippen LogP contribution in [0.25, 0.3) is 0 Å². The van der Waals surface area contributed by atoms with Crippen LogP contribution in [0.4, 0.5) is 5.69 Å². The Morgan fingerprint density at radius 3 is 2.62 bits per heavy atom. The van der Waals surface area contributed by atoms with Crippen molar-refractivity contribution >= 4 is 28.8 Å².